The van der Waals surface area contributed by atoms with Crippen LogP contribution in [0.3, 0.4) is 0 Å². The molecule has 0 spiro atoms. The molecule has 1 aromatic carbocycles. The Morgan fingerprint density at radius 2 is 2.16 bits per heavy atom. The highest BCUT2D eigenvalue weighted by molar-refractivity contribution is 5.99. The van der Waals surface area contributed by atoms with Gasteiger partial charge in [0.05, 0.1) is 18.6 Å². The third-order valence-corrected chi connectivity index (χ3v) is 3.55. The molecule has 1 aromatic rings. The Balaban J connectivity index is 1.93. The van der Waals surface area contributed by atoms with Crippen molar-refractivity contribution in [2.75, 3.05) is 5.32 Å². The van der Waals surface area contributed by atoms with Crippen LogP contribution in [0.15, 0.2) is 18.2 Å². The van der Waals surface area contributed by atoms with Crippen molar-refractivity contribution >= 4 is 17.6 Å². The third kappa shape index (κ3) is 1.97. The first-order chi connectivity index (χ1) is 9.06. The van der Waals surface area contributed by atoms with E-state index < -0.39 is 24.1 Å². The molecule has 0 bridgehead atoms. The van der Waals surface area contributed by atoms with E-state index in [1.807, 2.05) is 6.07 Å². The predicted octanol–water partition coefficient (Wildman–Crippen LogP) is -0.684. The van der Waals surface area contributed by atoms with Gasteiger partial charge in [0.2, 0.25) is 5.91 Å². The summed E-state index contributed by atoms with van der Waals surface area (Å²) < 4.78 is 0. The summed E-state index contributed by atoms with van der Waals surface area (Å²) in [6.45, 7) is 0. The summed E-state index contributed by atoms with van der Waals surface area (Å²) in [6, 6.07) is 5.03. The summed E-state index contributed by atoms with van der Waals surface area (Å²) in [4.78, 5) is 22.6. The van der Waals surface area contributed by atoms with Crippen molar-refractivity contribution in [1.82, 2.24) is 10.9 Å². The number of carboxylic acid groups (broad SMARTS) is 1. The Bertz CT molecular complexity index is 560. The number of carbonyl (C=O) groups excluding carboxylic acids is 1. The smallest absolute Gasteiger partial charge is 0.311 e. The number of carboxylic acids is 1. The van der Waals surface area contributed by atoms with Gasteiger partial charge in [-0.1, -0.05) is 12.1 Å². The van der Waals surface area contributed by atoms with Crippen LogP contribution < -0.4 is 21.9 Å². The molecule has 0 saturated carbocycles. The number of hydrogen-bond acceptors (Lipinski definition) is 5. The first-order valence-electron chi connectivity index (χ1n) is 5.98. The van der Waals surface area contributed by atoms with E-state index in [0.29, 0.717) is 6.42 Å². The van der Waals surface area contributed by atoms with Gasteiger partial charge in [0.15, 0.2) is 0 Å². The second-order valence-electron chi connectivity index (χ2n) is 4.80. The van der Waals surface area contributed by atoms with Crippen LogP contribution in [0.5, 0.6) is 0 Å². The maximum absolute atomic E-state index is 11.3. The fourth-order valence-corrected chi connectivity index (χ4v) is 2.60. The first-order valence-corrected chi connectivity index (χ1v) is 5.98. The molecule has 6 N–H and O–H groups in total. The molecule has 0 aromatic heterocycles. The van der Waals surface area contributed by atoms with Crippen LogP contribution in [0.25, 0.3) is 0 Å². The van der Waals surface area contributed by atoms with Gasteiger partial charge in [0.25, 0.3) is 0 Å². The number of anilines is 1. The van der Waals surface area contributed by atoms with E-state index in [9.17, 15) is 14.7 Å². The molecule has 1 fully saturated rings. The number of rotatable bonds is 2. The van der Waals surface area contributed by atoms with E-state index in [1.165, 1.54) is 0 Å². The van der Waals surface area contributed by atoms with Gasteiger partial charge in [-0.2, -0.15) is 0 Å². The number of hydrogen-bond donors (Lipinski definition) is 5. The maximum atomic E-state index is 11.3. The summed E-state index contributed by atoms with van der Waals surface area (Å²) in [5, 5.41) is 12.0. The van der Waals surface area contributed by atoms with Crippen molar-refractivity contribution in [2.24, 2.45) is 11.7 Å². The fourth-order valence-electron chi connectivity index (χ4n) is 2.60. The van der Waals surface area contributed by atoms with E-state index in [0.717, 1.165) is 16.8 Å². The predicted molar refractivity (Wildman–Crippen MR) is 66.9 cm³/mol. The summed E-state index contributed by atoms with van der Waals surface area (Å²) in [6.07, 6.45) is -0.317. The lowest BCUT2D eigenvalue weighted by Crippen LogP contribution is -2.41. The molecule has 2 aliphatic rings. The molecular weight excluding hydrogens is 248 g/mol. The average Bonchev–Trinajstić information content (AvgIpc) is 2.89. The van der Waals surface area contributed by atoms with Crippen molar-refractivity contribution in [3.63, 3.8) is 0 Å². The number of nitrogens with one attached hydrogen (secondary N) is 3. The van der Waals surface area contributed by atoms with Gasteiger partial charge in [-0.05, 0) is 17.2 Å². The first kappa shape index (κ1) is 12.1. The molecule has 1 amide bonds. The number of carbonyl (C=O) groups is 2. The molecule has 7 heteroatoms. The number of amides is 1. The normalized spacial score (nSPS) is 29.1. The van der Waals surface area contributed by atoms with Crippen molar-refractivity contribution in [1.29, 1.82) is 0 Å². The zero-order valence-electron chi connectivity index (χ0n) is 10.0. The Kier molecular flexibility index (Phi) is 2.74. The molecule has 3 unspecified atom stereocenters. The van der Waals surface area contributed by atoms with E-state index in [2.05, 4.69) is 16.2 Å². The number of benzene rings is 1. The summed E-state index contributed by atoms with van der Waals surface area (Å²) in [5.41, 5.74) is 13.8. The molecule has 0 radical (unpaired) electrons. The molecule has 7 nitrogen and oxygen atoms in total. The van der Waals surface area contributed by atoms with Crippen LogP contribution in [0.2, 0.25) is 0 Å². The fraction of sp³-hybridized carbons (Fsp3) is 0.333. The van der Waals surface area contributed by atoms with E-state index in [1.54, 1.807) is 12.1 Å². The molecule has 3 atom stereocenters. The molecule has 19 heavy (non-hydrogen) atoms. The minimum Gasteiger partial charge on any atom is -0.481 e. The monoisotopic (exact) mass is 262 g/mol. The number of fused-ring (bicyclic) bond motifs is 1. The summed E-state index contributed by atoms with van der Waals surface area (Å²) in [5.74, 6) is -1.75. The zero-order chi connectivity index (χ0) is 13.6. The second kappa shape index (κ2) is 4.30. The van der Waals surface area contributed by atoms with Crippen molar-refractivity contribution in [3.8, 4) is 0 Å². The molecule has 2 aliphatic heterocycles. The van der Waals surface area contributed by atoms with Gasteiger partial charge in [0.1, 0.15) is 5.92 Å². The second-order valence-corrected chi connectivity index (χ2v) is 4.80. The highest BCUT2D eigenvalue weighted by Gasteiger charge is 2.40. The average molecular weight is 262 g/mol. The topological polar surface area (TPSA) is 116 Å². The van der Waals surface area contributed by atoms with Gasteiger partial charge >= 0.3 is 5.97 Å². The Hall–Kier alpha value is -1.96. The minimum atomic E-state index is -0.954. The summed E-state index contributed by atoms with van der Waals surface area (Å²) >= 11 is 0. The van der Waals surface area contributed by atoms with Crippen molar-refractivity contribution < 1.29 is 14.7 Å². The van der Waals surface area contributed by atoms with Gasteiger partial charge in [0, 0.05) is 5.69 Å². The van der Waals surface area contributed by atoms with Crippen LogP contribution in [-0.4, -0.2) is 23.1 Å². The molecular formula is C12H14N4O3. The summed E-state index contributed by atoms with van der Waals surface area (Å²) in [7, 11) is 0. The van der Waals surface area contributed by atoms with Crippen LogP contribution in [0.4, 0.5) is 5.69 Å². The lowest BCUT2D eigenvalue weighted by molar-refractivity contribution is -0.142. The number of nitrogens with two attached hydrogens (primary N) is 1. The van der Waals surface area contributed by atoms with Crippen LogP contribution in [0, 0.1) is 5.92 Å². The van der Waals surface area contributed by atoms with Crippen LogP contribution in [0.1, 0.15) is 17.2 Å². The number of hydrazine groups is 1. The highest BCUT2D eigenvalue weighted by Crippen LogP contribution is 2.31. The number of aliphatic carboxylic acids is 1. The SMILES string of the molecule is NC1NNC(c2ccc3c(c2)CC(=O)N3)C1C(=O)O. The standard InChI is InChI=1S/C12H14N4O3/c13-11-9(12(18)19)10(15-16-11)5-1-2-7-6(3-5)4-8(17)14-7/h1-3,9-11,15-16H,4,13H2,(H,14,17)(H,18,19). The zero-order valence-corrected chi connectivity index (χ0v) is 10.0. The maximum Gasteiger partial charge on any atom is 0.311 e. The molecule has 2 heterocycles. The largest absolute Gasteiger partial charge is 0.481 e. The molecule has 3 rings (SSSR count). The van der Waals surface area contributed by atoms with Gasteiger partial charge in [-0.3, -0.25) is 9.59 Å². The third-order valence-electron chi connectivity index (χ3n) is 3.55. The van der Waals surface area contributed by atoms with Crippen molar-refractivity contribution in [3.05, 3.63) is 29.3 Å². The Labute approximate surface area is 109 Å². The Morgan fingerprint density at radius 1 is 1.37 bits per heavy atom. The van der Waals surface area contributed by atoms with Gasteiger partial charge in [-0.15, -0.1) is 0 Å². The van der Waals surface area contributed by atoms with E-state index in [4.69, 9.17) is 5.73 Å². The van der Waals surface area contributed by atoms with E-state index in [-0.39, 0.29) is 5.91 Å². The lowest BCUT2D eigenvalue weighted by Gasteiger charge is -2.17. The van der Waals surface area contributed by atoms with Crippen LogP contribution >= 0.6 is 0 Å². The van der Waals surface area contributed by atoms with Gasteiger partial charge < -0.3 is 16.2 Å². The lowest BCUT2D eigenvalue weighted by atomic mass is 9.92. The molecule has 1 saturated heterocycles. The van der Waals surface area contributed by atoms with Gasteiger partial charge in [-0.25, -0.2) is 10.9 Å². The van der Waals surface area contributed by atoms with Crippen molar-refractivity contribution in [2.45, 2.75) is 18.6 Å². The molecule has 100 valence electrons. The van der Waals surface area contributed by atoms with E-state index >= 15 is 0 Å². The molecule has 0 aliphatic carbocycles. The highest BCUT2D eigenvalue weighted by atomic mass is 16.4. The van der Waals surface area contributed by atoms with Crippen LogP contribution in [-0.2, 0) is 16.0 Å². The Morgan fingerprint density at radius 3 is 2.89 bits per heavy atom. The quantitative estimate of drug-likeness (QED) is 0.482. The minimum absolute atomic E-state index is 0.0452.